The Morgan fingerprint density at radius 2 is 1.90 bits per heavy atom. The van der Waals surface area contributed by atoms with Gasteiger partial charge in [0.15, 0.2) is 0 Å². The van der Waals surface area contributed by atoms with Gasteiger partial charge in [-0.3, -0.25) is 9.59 Å². The summed E-state index contributed by atoms with van der Waals surface area (Å²) in [5.41, 5.74) is 0.352. The summed E-state index contributed by atoms with van der Waals surface area (Å²) in [5, 5.41) is 2.84. The van der Waals surface area contributed by atoms with E-state index in [-0.39, 0.29) is 11.8 Å². The van der Waals surface area contributed by atoms with Crippen LogP contribution in [0.4, 0.5) is 4.39 Å². The number of rotatable bonds is 3. The van der Waals surface area contributed by atoms with Gasteiger partial charge >= 0.3 is 0 Å². The van der Waals surface area contributed by atoms with Gasteiger partial charge in [-0.05, 0) is 31.7 Å². The van der Waals surface area contributed by atoms with Crippen LogP contribution in [0.1, 0.15) is 16.8 Å². The predicted octanol–water partition coefficient (Wildman–Crippen LogP) is 0.720. The van der Waals surface area contributed by atoms with Crippen LogP contribution < -0.4 is 5.32 Å². The summed E-state index contributed by atoms with van der Waals surface area (Å²) in [4.78, 5) is 27.6. The molecule has 5 nitrogen and oxygen atoms in total. The van der Waals surface area contributed by atoms with Crippen molar-refractivity contribution in [3.63, 3.8) is 0 Å². The minimum atomic E-state index is -0.415. The number of hydrogen-bond acceptors (Lipinski definition) is 3. The normalized spacial score (nSPS) is 15.7. The van der Waals surface area contributed by atoms with Gasteiger partial charge in [0.25, 0.3) is 5.91 Å². The fourth-order valence-electron chi connectivity index (χ4n) is 2.44. The molecule has 0 unspecified atom stereocenters. The number of hydrogen-bond donors (Lipinski definition) is 1. The number of benzene rings is 1. The number of carbonyl (C=O) groups excluding carboxylic acids is 2. The Bertz CT molecular complexity index is 521. The number of amides is 2. The molecule has 0 aliphatic carbocycles. The molecule has 1 aliphatic rings. The van der Waals surface area contributed by atoms with Crippen LogP contribution in [-0.4, -0.2) is 61.4 Å². The largest absolute Gasteiger partial charge is 0.340 e. The molecule has 1 aromatic rings. The maximum atomic E-state index is 13.2. The van der Waals surface area contributed by atoms with Gasteiger partial charge in [0.2, 0.25) is 5.91 Å². The van der Waals surface area contributed by atoms with Crippen LogP contribution >= 0.6 is 0 Å². The summed E-state index contributed by atoms with van der Waals surface area (Å²) in [6.45, 7) is 2.52. The number of nitrogens with one attached hydrogen (secondary N) is 1. The Balaban J connectivity index is 1.99. The summed E-state index contributed by atoms with van der Waals surface area (Å²) in [6.07, 6.45) is 0.733. The third kappa shape index (κ3) is 4.01. The van der Waals surface area contributed by atoms with Crippen molar-refractivity contribution in [3.05, 3.63) is 35.6 Å². The zero-order valence-electron chi connectivity index (χ0n) is 12.1. The molecule has 0 spiro atoms. The highest BCUT2D eigenvalue weighted by molar-refractivity contribution is 5.94. The quantitative estimate of drug-likeness (QED) is 0.893. The molecule has 114 valence electrons. The summed E-state index contributed by atoms with van der Waals surface area (Å²) < 4.78 is 13.2. The molecule has 0 atom stereocenters. The maximum absolute atomic E-state index is 13.2. The van der Waals surface area contributed by atoms with Gasteiger partial charge in [0.05, 0.1) is 6.54 Å². The van der Waals surface area contributed by atoms with E-state index >= 15 is 0 Å². The molecule has 21 heavy (non-hydrogen) atoms. The van der Waals surface area contributed by atoms with E-state index in [1.165, 1.54) is 18.2 Å². The van der Waals surface area contributed by atoms with Gasteiger partial charge in [0.1, 0.15) is 5.82 Å². The number of halogens is 1. The van der Waals surface area contributed by atoms with Crippen molar-refractivity contribution in [1.82, 2.24) is 15.1 Å². The van der Waals surface area contributed by atoms with E-state index < -0.39 is 5.82 Å². The Morgan fingerprint density at radius 1 is 1.19 bits per heavy atom. The zero-order chi connectivity index (χ0) is 15.2. The van der Waals surface area contributed by atoms with Gasteiger partial charge < -0.3 is 15.1 Å². The smallest absolute Gasteiger partial charge is 0.254 e. The molecule has 0 aromatic heterocycles. The zero-order valence-corrected chi connectivity index (χ0v) is 12.1. The minimum Gasteiger partial charge on any atom is -0.340 e. The molecule has 1 aromatic carbocycles. The highest BCUT2D eigenvalue weighted by Gasteiger charge is 2.22. The van der Waals surface area contributed by atoms with Crippen molar-refractivity contribution in [1.29, 1.82) is 0 Å². The first-order chi connectivity index (χ1) is 10.1. The van der Waals surface area contributed by atoms with Gasteiger partial charge in [0, 0.05) is 31.7 Å². The first kappa shape index (κ1) is 15.4. The van der Waals surface area contributed by atoms with Gasteiger partial charge in [-0.1, -0.05) is 6.07 Å². The van der Waals surface area contributed by atoms with E-state index in [9.17, 15) is 14.0 Å². The average molecular weight is 293 g/mol. The SMILES string of the molecule is CNCC(=O)N1CCCN(C(=O)c2cccc(F)c2)CC1. The highest BCUT2D eigenvalue weighted by Crippen LogP contribution is 2.11. The van der Waals surface area contributed by atoms with Gasteiger partial charge in [-0.25, -0.2) is 4.39 Å². The van der Waals surface area contributed by atoms with E-state index in [2.05, 4.69) is 5.32 Å². The summed E-state index contributed by atoms with van der Waals surface area (Å²) in [6, 6.07) is 5.71. The van der Waals surface area contributed by atoms with Gasteiger partial charge in [-0.2, -0.15) is 0 Å². The third-order valence-corrected chi connectivity index (χ3v) is 3.54. The van der Waals surface area contributed by atoms with Crippen molar-refractivity contribution in [2.45, 2.75) is 6.42 Å². The lowest BCUT2D eigenvalue weighted by atomic mass is 10.2. The fourth-order valence-corrected chi connectivity index (χ4v) is 2.44. The predicted molar refractivity (Wildman–Crippen MR) is 77.4 cm³/mol. The van der Waals surface area contributed by atoms with Crippen LogP contribution in [0.5, 0.6) is 0 Å². The van der Waals surface area contributed by atoms with Crippen molar-refractivity contribution >= 4 is 11.8 Å². The second kappa shape index (κ2) is 7.17. The second-order valence-corrected chi connectivity index (χ2v) is 5.07. The summed E-state index contributed by atoms with van der Waals surface area (Å²) >= 11 is 0. The average Bonchev–Trinajstić information content (AvgIpc) is 2.72. The summed E-state index contributed by atoms with van der Waals surface area (Å²) in [7, 11) is 1.73. The van der Waals surface area contributed by atoms with Crippen molar-refractivity contribution in [3.8, 4) is 0 Å². The lowest BCUT2D eigenvalue weighted by Crippen LogP contribution is -2.40. The molecule has 1 N–H and O–H groups in total. The Hall–Kier alpha value is -1.95. The maximum Gasteiger partial charge on any atom is 0.254 e. The molecule has 1 heterocycles. The van der Waals surface area contributed by atoms with Crippen LogP contribution in [-0.2, 0) is 4.79 Å². The van der Waals surface area contributed by atoms with Crippen LogP contribution in [0.3, 0.4) is 0 Å². The van der Waals surface area contributed by atoms with Crippen LogP contribution in [0.25, 0.3) is 0 Å². The highest BCUT2D eigenvalue weighted by atomic mass is 19.1. The molecule has 0 saturated carbocycles. The van der Waals surface area contributed by atoms with Crippen molar-refractivity contribution in [2.24, 2.45) is 0 Å². The number of carbonyl (C=O) groups is 2. The Kier molecular flexibility index (Phi) is 5.27. The lowest BCUT2D eigenvalue weighted by Gasteiger charge is -2.22. The van der Waals surface area contributed by atoms with E-state index in [0.717, 1.165) is 6.42 Å². The van der Waals surface area contributed by atoms with E-state index in [4.69, 9.17) is 0 Å². The van der Waals surface area contributed by atoms with Crippen LogP contribution in [0.2, 0.25) is 0 Å². The summed E-state index contributed by atoms with van der Waals surface area (Å²) in [5.74, 6) is -0.559. The molecule has 0 bridgehead atoms. The molecule has 1 fully saturated rings. The molecule has 1 aliphatic heterocycles. The van der Waals surface area contributed by atoms with E-state index in [0.29, 0.717) is 38.3 Å². The van der Waals surface area contributed by atoms with Crippen molar-refractivity contribution < 1.29 is 14.0 Å². The fraction of sp³-hybridized carbons (Fsp3) is 0.467. The molecular weight excluding hydrogens is 273 g/mol. The molecule has 6 heteroatoms. The molecular formula is C15H20FN3O2. The van der Waals surface area contributed by atoms with E-state index in [1.807, 2.05) is 0 Å². The topological polar surface area (TPSA) is 52.7 Å². The monoisotopic (exact) mass is 293 g/mol. The first-order valence-electron chi connectivity index (χ1n) is 7.09. The molecule has 2 rings (SSSR count). The van der Waals surface area contributed by atoms with Crippen LogP contribution in [0, 0.1) is 5.82 Å². The third-order valence-electron chi connectivity index (χ3n) is 3.54. The number of nitrogens with zero attached hydrogens (tertiary/aromatic N) is 2. The number of likely N-dealkylation sites (N-methyl/N-ethyl adjacent to an activating group) is 1. The molecule has 0 radical (unpaired) electrons. The Labute approximate surface area is 123 Å². The molecule has 1 saturated heterocycles. The molecule has 2 amide bonds. The van der Waals surface area contributed by atoms with E-state index in [1.54, 1.807) is 22.9 Å². The van der Waals surface area contributed by atoms with Crippen LogP contribution in [0.15, 0.2) is 24.3 Å². The first-order valence-corrected chi connectivity index (χ1v) is 7.09. The van der Waals surface area contributed by atoms with Crippen molar-refractivity contribution in [2.75, 3.05) is 39.8 Å². The minimum absolute atomic E-state index is 0.0394. The van der Waals surface area contributed by atoms with Gasteiger partial charge in [-0.15, -0.1) is 0 Å². The Morgan fingerprint density at radius 3 is 2.62 bits per heavy atom. The second-order valence-electron chi connectivity index (χ2n) is 5.07. The lowest BCUT2D eigenvalue weighted by molar-refractivity contribution is -0.130. The standard InChI is InChI=1S/C15H20FN3O2/c1-17-11-14(20)18-6-3-7-19(9-8-18)15(21)12-4-2-5-13(16)10-12/h2,4-5,10,17H,3,6-9,11H2,1H3.